The molecule has 0 saturated carbocycles. The van der Waals surface area contributed by atoms with Crippen molar-refractivity contribution in [3.63, 3.8) is 0 Å². The molecule has 2 amide bonds. The molecule has 0 aliphatic carbocycles. The van der Waals surface area contributed by atoms with E-state index >= 15 is 0 Å². The number of methoxy groups -OCH3 is 2. The molecule has 0 atom stereocenters. The molecule has 0 bridgehead atoms. The predicted octanol–water partition coefficient (Wildman–Crippen LogP) is 2.93. The van der Waals surface area contributed by atoms with Crippen LogP contribution in [0.15, 0.2) is 37.0 Å². The van der Waals surface area contributed by atoms with Gasteiger partial charge in [0, 0.05) is 51.4 Å². The van der Waals surface area contributed by atoms with Crippen molar-refractivity contribution < 1.29 is 23.9 Å². The Kier molecular flexibility index (Phi) is 33.8. The van der Waals surface area contributed by atoms with Gasteiger partial charge < -0.3 is 29.9 Å². The van der Waals surface area contributed by atoms with Crippen LogP contribution in [0.4, 0.5) is 0 Å². The summed E-state index contributed by atoms with van der Waals surface area (Å²) < 4.78 is 9.31. The van der Waals surface area contributed by atoms with E-state index in [9.17, 15) is 14.4 Å². The van der Waals surface area contributed by atoms with Crippen LogP contribution < -0.4 is 10.6 Å². The fourth-order valence-corrected chi connectivity index (χ4v) is 1.79. The van der Waals surface area contributed by atoms with Gasteiger partial charge in [0.05, 0.1) is 13.2 Å². The van der Waals surface area contributed by atoms with Crippen molar-refractivity contribution in [1.29, 1.82) is 0 Å². The topological polar surface area (TPSA) is 100 Å². The van der Waals surface area contributed by atoms with Crippen LogP contribution in [0.1, 0.15) is 41.5 Å². The molecule has 218 valence electrons. The van der Waals surface area contributed by atoms with E-state index < -0.39 is 0 Å². The zero-order valence-corrected chi connectivity index (χ0v) is 25.6. The molecule has 37 heavy (non-hydrogen) atoms. The molecule has 0 fully saturated rings. The normalized spacial score (nSPS) is 10.6. The average molecular weight is 529 g/mol. The smallest absolute Gasteiger partial charge is 0.243 e. The van der Waals surface area contributed by atoms with Crippen LogP contribution in [-0.4, -0.2) is 108 Å². The van der Waals surface area contributed by atoms with Gasteiger partial charge in [-0.15, -0.1) is 0 Å². The highest BCUT2D eigenvalue weighted by molar-refractivity contribution is 5.91. The summed E-state index contributed by atoms with van der Waals surface area (Å²) in [4.78, 5) is 36.4. The van der Waals surface area contributed by atoms with Gasteiger partial charge in [-0.2, -0.15) is 0 Å². The standard InChI is InChI=1S/C9H18N2O.C9H17NO.C6H11NO.C4H10O2/c1-8(2)10-9(12)6-5-7-11(3)4;1-8(2)9(11)6-5-7-10(3)4;1-4-6(8)7-5(2)3;1-5-3-4-6-2/h5-6,8H,7H2,1-4H3,(H,10,12);5-6,8H,7H2,1-4H3;4-5H,1H2,2-3H3,(H,7,8);3-4H2,1-2H3/b2*6-5+;;. The molecule has 9 nitrogen and oxygen atoms in total. The summed E-state index contributed by atoms with van der Waals surface area (Å²) in [6.45, 7) is 17.8. The van der Waals surface area contributed by atoms with Crippen molar-refractivity contribution in [1.82, 2.24) is 20.4 Å². The Morgan fingerprint density at radius 1 is 0.730 bits per heavy atom. The molecule has 0 aromatic rings. The van der Waals surface area contributed by atoms with E-state index in [4.69, 9.17) is 0 Å². The van der Waals surface area contributed by atoms with Crippen LogP contribution in [0.2, 0.25) is 0 Å². The Balaban J connectivity index is -0.000000203. The van der Waals surface area contributed by atoms with Gasteiger partial charge in [-0.05, 0) is 68.0 Å². The van der Waals surface area contributed by atoms with Crippen LogP contribution in [-0.2, 0) is 23.9 Å². The molecule has 0 radical (unpaired) electrons. The fraction of sp³-hybridized carbons (Fsp3) is 0.679. The van der Waals surface area contributed by atoms with E-state index in [1.165, 1.54) is 6.08 Å². The number of carbonyl (C=O) groups excluding carboxylic acids is 3. The second-order valence-corrected chi connectivity index (χ2v) is 9.40. The fourth-order valence-electron chi connectivity index (χ4n) is 1.79. The van der Waals surface area contributed by atoms with Crippen LogP contribution in [0.5, 0.6) is 0 Å². The molecule has 9 heteroatoms. The minimum Gasteiger partial charge on any atom is -0.382 e. The maximum atomic E-state index is 11.0. The van der Waals surface area contributed by atoms with Crippen molar-refractivity contribution in [2.24, 2.45) is 5.92 Å². The highest BCUT2D eigenvalue weighted by Crippen LogP contribution is 1.94. The molecular weight excluding hydrogens is 472 g/mol. The van der Waals surface area contributed by atoms with E-state index in [1.807, 2.05) is 91.7 Å². The molecule has 0 aliphatic rings. The van der Waals surface area contributed by atoms with Crippen LogP contribution in [0.3, 0.4) is 0 Å². The summed E-state index contributed by atoms with van der Waals surface area (Å²) in [5.41, 5.74) is 0. The number of ketones is 1. The lowest BCUT2D eigenvalue weighted by Gasteiger charge is -2.05. The highest BCUT2D eigenvalue weighted by Gasteiger charge is 2.00. The number of nitrogens with zero attached hydrogens (tertiary/aromatic N) is 2. The molecule has 0 rings (SSSR count). The molecule has 0 unspecified atom stereocenters. The second kappa shape index (κ2) is 29.9. The van der Waals surface area contributed by atoms with Gasteiger partial charge in [0.25, 0.3) is 0 Å². The monoisotopic (exact) mass is 528 g/mol. The quantitative estimate of drug-likeness (QED) is 0.280. The van der Waals surface area contributed by atoms with E-state index in [1.54, 1.807) is 26.4 Å². The van der Waals surface area contributed by atoms with E-state index in [-0.39, 0.29) is 35.6 Å². The summed E-state index contributed by atoms with van der Waals surface area (Å²) in [5, 5.41) is 5.41. The lowest BCUT2D eigenvalue weighted by atomic mass is 10.1. The number of rotatable bonds is 13. The average Bonchev–Trinajstić information content (AvgIpc) is 2.77. The van der Waals surface area contributed by atoms with Crippen LogP contribution in [0.25, 0.3) is 0 Å². The third-order valence-corrected chi connectivity index (χ3v) is 3.60. The van der Waals surface area contributed by atoms with E-state index in [0.29, 0.717) is 13.2 Å². The van der Waals surface area contributed by atoms with Gasteiger partial charge in [-0.25, -0.2) is 0 Å². The number of nitrogens with one attached hydrogen (secondary N) is 2. The molecule has 0 heterocycles. The van der Waals surface area contributed by atoms with Gasteiger partial charge in [-0.3, -0.25) is 14.4 Å². The number of ether oxygens (including phenoxy) is 2. The van der Waals surface area contributed by atoms with Gasteiger partial charge in [0.1, 0.15) is 0 Å². The largest absolute Gasteiger partial charge is 0.382 e. The maximum Gasteiger partial charge on any atom is 0.243 e. The van der Waals surface area contributed by atoms with Gasteiger partial charge in [0.2, 0.25) is 11.8 Å². The zero-order chi connectivity index (χ0) is 29.8. The molecule has 0 aromatic heterocycles. The number of amides is 2. The molecular formula is C28H56N4O5. The third-order valence-electron chi connectivity index (χ3n) is 3.60. The summed E-state index contributed by atoms with van der Waals surface area (Å²) in [5.74, 6) is 0.187. The van der Waals surface area contributed by atoms with E-state index in [0.717, 1.165) is 13.1 Å². The first kappa shape index (κ1) is 41.8. The molecule has 2 N–H and O–H groups in total. The summed E-state index contributed by atoms with van der Waals surface area (Å²) >= 11 is 0. The van der Waals surface area contributed by atoms with Crippen molar-refractivity contribution in [2.75, 3.05) is 68.7 Å². The lowest BCUT2D eigenvalue weighted by Crippen LogP contribution is -2.28. The third kappa shape index (κ3) is 47.5. The van der Waals surface area contributed by atoms with Crippen molar-refractivity contribution in [2.45, 2.75) is 53.6 Å². The van der Waals surface area contributed by atoms with Crippen molar-refractivity contribution in [3.05, 3.63) is 37.0 Å². The van der Waals surface area contributed by atoms with Crippen molar-refractivity contribution in [3.8, 4) is 0 Å². The SMILES string of the molecule is C=CC(=O)NC(C)C.CC(C)C(=O)/C=C/CN(C)C.CC(C)NC(=O)/C=C/CN(C)C.COCCOC. The first-order valence-corrected chi connectivity index (χ1v) is 12.5. The minimum atomic E-state index is -0.111. The zero-order valence-electron chi connectivity index (χ0n) is 25.6. The van der Waals surface area contributed by atoms with E-state index in [2.05, 4.69) is 26.7 Å². The predicted molar refractivity (Wildman–Crippen MR) is 156 cm³/mol. The molecule has 0 aromatic carbocycles. The molecule has 0 spiro atoms. The van der Waals surface area contributed by atoms with Crippen molar-refractivity contribution >= 4 is 17.6 Å². The number of carbonyl (C=O) groups is 3. The Bertz CT molecular complexity index is 624. The summed E-state index contributed by atoms with van der Waals surface area (Å²) in [6, 6.07) is 0.419. The number of hydrogen-bond acceptors (Lipinski definition) is 7. The summed E-state index contributed by atoms with van der Waals surface area (Å²) in [6.07, 6.45) is 8.23. The first-order chi connectivity index (χ1) is 17.1. The number of allylic oxidation sites excluding steroid dienone is 1. The Hall–Kier alpha value is -2.33. The second-order valence-electron chi connectivity index (χ2n) is 9.40. The highest BCUT2D eigenvalue weighted by atomic mass is 16.5. The van der Waals surface area contributed by atoms with Crippen LogP contribution >= 0.6 is 0 Å². The lowest BCUT2D eigenvalue weighted by molar-refractivity contribution is -0.117. The molecule has 0 aliphatic heterocycles. The summed E-state index contributed by atoms with van der Waals surface area (Å²) in [7, 11) is 11.2. The number of hydrogen-bond donors (Lipinski definition) is 2. The minimum absolute atomic E-state index is 0.0214. The van der Waals surface area contributed by atoms with Gasteiger partial charge in [0.15, 0.2) is 5.78 Å². The van der Waals surface area contributed by atoms with Crippen LogP contribution in [0, 0.1) is 5.92 Å². The Labute approximate surface area is 227 Å². The first-order valence-electron chi connectivity index (χ1n) is 12.5. The number of likely N-dealkylation sites (N-methyl/N-ethyl adjacent to an activating group) is 2. The Morgan fingerprint density at radius 2 is 1.11 bits per heavy atom. The maximum absolute atomic E-state index is 11.0. The van der Waals surface area contributed by atoms with Gasteiger partial charge in [-0.1, -0.05) is 32.6 Å². The van der Waals surface area contributed by atoms with Gasteiger partial charge >= 0.3 is 0 Å². The molecule has 0 saturated heterocycles. The Morgan fingerprint density at radius 3 is 1.38 bits per heavy atom.